The van der Waals surface area contributed by atoms with E-state index >= 15 is 0 Å². The molecule has 2 nitrogen and oxygen atoms in total. The minimum absolute atomic E-state index is 0.0693. The van der Waals surface area contributed by atoms with Gasteiger partial charge in [0.25, 0.3) is 0 Å². The number of H-pyrrole nitrogens is 1. The van der Waals surface area contributed by atoms with Gasteiger partial charge in [0.2, 0.25) is 0 Å². The number of fused-ring (bicyclic) bond motifs is 1. The molecule has 2 heteroatoms. The molecule has 1 aromatic rings. The van der Waals surface area contributed by atoms with E-state index in [4.69, 9.17) is 0 Å². The van der Waals surface area contributed by atoms with Crippen molar-refractivity contribution in [2.24, 2.45) is 10.4 Å². The number of rotatable bonds is 0. The van der Waals surface area contributed by atoms with Crippen molar-refractivity contribution in [3.63, 3.8) is 0 Å². The number of allylic oxidation sites excluding steroid dienone is 1. The summed E-state index contributed by atoms with van der Waals surface area (Å²) >= 11 is 0. The highest BCUT2D eigenvalue weighted by Gasteiger charge is 2.13. The van der Waals surface area contributed by atoms with Crippen molar-refractivity contribution in [3.8, 4) is 0 Å². The van der Waals surface area contributed by atoms with Crippen LogP contribution < -0.4 is 0 Å². The predicted molar refractivity (Wildman–Crippen MR) is 51.8 cm³/mol. The van der Waals surface area contributed by atoms with Gasteiger partial charge in [-0.25, -0.2) is 4.99 Å². The van der Waals surface area contributed by atoms with E-state index in [2.05, 4.69) is 36.0 Å². The first-order valence-electron chi connectivity index (χ1n) is 4.09. The summed E-state index contributed by atoms with van der Waals surface area (Å²) in [5.74, 6) is 0.955. The van der Waals surface area contributed by atoms with Gasteiger partial charge in [-0.05, 0) is 6.07 Å². The molecule has 0 saturated carbocycles. The zero-order valence-corrected chi connectivity index (χ0v) is 7.33. The van der Waals surface area contributed by atoms with Gasteiger partial charge in [-0.2, -0.15) is 0 Å². The first-order valence-corrected chi connectivity index (χ1v) is 4.09. The number of hydrogen-bond acceptors (Lipinski definition) is 1. The van der Waals surface area contributed by atoms with Gasteiger partial charge in [0, 0.05) is 23.4 Å². The van der Waals surface area contributed by atoms with Crippen LogP contribution in [0.2, 0.25) is 0 Å². The van der Waals surface area contributed by atoms with Crippen LogP contribution in [0, 0.1) is 5.41 Å². The molecule has 0 amide bonds. The quantitative estimate of drug-likeness (QED) is 0.604. The van der Waals surface area contributed by atoms with Crippen LogP contribution in [-0.2, 0) is 0 Å². The largest absolute Gasteiger partial charge is 0.346 e. The third-order valence-corrected chi connectivity index (χ3v) is 1.98. The van der Waals surface area contributed by atoms with Crippen LogP contribution >= 0.6 is 0 Å². The maximum absolute atomic E-state index is 4.36. The summed E-state index contributed by atoms with van der Waals surface area (Å²) in [6, 6.07) is 2.03. The third-order valence-electron chi connectivity index (χ3n) is 1.98. The molecule has 0 bridgehead atoms. The van der Waals surface area contributed by atoms with Crippen LogP contribution in [0.25, 0.3) is 6.08 Å². The maximum Gasteiger partial charge on any atom is 0.136 e. The summed E-state index contributed by atoms with van der Waals surface area (Å²) in [7, 11) is 0. The Morgan fingerprint density at radius 1 is 1.42 bits per heavy atom. The minimum Gasteiger partial charge on any atom is -0.346 e. The fourth-order valence-electron chi connectivity index (χ4n) is 1.20. The minimum atomic E-state index is 0.0693. The van der Waals surface area contributed by atoms with E-state index in [9.17, 15) is 0 Å². The monoisotopic (exact) mass is 160 g/mol. The Hall–Kier alpha value is -1.31. The number of nitrogens with zero attached hydrogens (tertiary/aromatic N) is 1. The molecular formula is C10H12N2. The van der Waals surface area contributed by atoms with E-state index in [0.29, 0.717) is 0 Å². The molecular weight excluding hydrogens is 148 g/mol. The second-order valence-corrected chi connectivity index (χ2v) is 3.69. The van der Waals surface area contributed by atoms with Crippen LogP contribution in [0.5, 0.6) is 0 Å². The highest BCUT2D eigenvalue weighted by atomic mass is 14.9. The second-order valence-electron chi connectivity index (χ2n) is 3.69. The highest BCUT2D eigenvalue weighted by molar-refractivity contribution is 5.78. The number of nitrogens with one attached hydrogen (secondary N) is 1. The molecule has 0 radical (unpaired) electrons. The molecule has 0 aliphatic carbocycles. The summed E-state index contributed by atoms with van der Waals surface area (Å²) in [5, 5.41) is 0. The van der Waals surface area contributed by atoms with E-state index in [1.807, 2.05) is 18.5 Å². The van der Waals surface area contributed by atoms with Crippen molar-refractivity contribution in [2.75, 3.05) is 0 Å². The van der Waals surface area contributed by atoms with Gasteiger partial charge >= 0.3 is 0 Å². The van der Waals surface area contributed by atoms with Crippen LogP contribution in [0.1, 0.15) is 19.4 Å². The SMILES string of the molecule is CC1(C)C=Cc2cc[nH]c2N=C1. The molecule has 0 spiro atoms. The van der Waals surface area contributed by atoms with Crippen molar-refractivity contribution in [2.45, 2.75) is 13.8 Å². The lowest BCUT2D eigenvalue weighted by Crippen LogP contribution is -2.07. The van der Waals surface area contributed by atoms with Crippen molar-refractivity contribution < 1.29 is 0 Å². The average molecular weight is 160 g/mol. The van der Waals surface area contributed by atoms with E-state index in [0.717, 1.165) is 11.4 Å². The highest BCUT2D eigenvalue weighted by Crippen LogP contribution is 2.26. The topological polar surface area (TPSA) is 28.1 Å². The Morgan fingerprint density at radius 3 is 3.08 bits per heavy atom. The molecule has 12 heavy (non-hydrogen) atoms. The van der Waals surface area contributed by atoms with E-state index < -0.39 is 0 Å². The normalized spacial score (nSPS) is 18.8. The Balaban J connectivity index is 2.49. The lowest BCUT2D eigenvalue weighted by molar-refractivity contribution is 0.699. The fraction of sp³-hybridized carbons (Fsp3) is 0.300. The van der Waals surface area contributed by atoms with Crippen molar-refractivity contribution in [1.82, 2.24) is 4.98 Å². The van der Waals surface area contributed by atoms with Crippen LogP contribution in [0.15, 0.2) is 23.3 Å². The van der Waals surface area contributed by atoms with Gasteiger partial charge in [0.05, 0.1) is 0 Å². The van der Waals surface area contributed by atoms with Crippen molar-refractivity contribution in [1.29, 1.82) is 0 Å². The Labute approximate surface area is 72.0 Å². The smallest absolute Gasteiger partial charge is 0.136 e. The summed E-state index contributed by atoms with van der Waals surface area (Å²) in [4.78, 5) is 7.44. The van der Waals surface area contributed by atoms with Crippen LogP contribution in [-0.4, -0.2) is 11.2 Å². The molecule has 2 heterocycles. The van der Waals surface area contributed by atoms with Gasteiger partial charge in [0.1, 0.15) is 5.82 Å². The zero-order valence-electron chi connectivity index (χ0n) is 7.33. The number of aromatic amines is 1. The lowest BCUT2D eigenvalue weighted by atomic mass is 9.95. The molecule has 1 N–H and O–H groups in total. The summed E-state index contributed by atoms with van der Waals surface area (Å²) in [6.07, 6.45) is 8.14. The Bertz CT molecular complexity index is 312. The number of aromatic nitrogens is 1. The molecule has 1 aromatic heterocycles. The van der Waals surface area contributed by atoms with E-state index in [-0.39, 0.29) is 5.41 Å². The number of hydrogen-bond donors (Lipinski definition) is 1. The third kappa shape index (κ3) is 1.20. The summed E-state index contributed by atoms with van der Waals surface area (Å²) in [5.41, 5.74) is 1.23. The first-order chi connectivity index (χ1) is 5.67. The van der Waals surface area contributed by atoms with Crippen molar-refractivity contribution in [3.05, 3.63) is 23.9 Å². The van der Waals surface area contributed by atoms with E-state index in [1.54, 1.807) is 0 Å². The number of aliphatic imine (C=N–C) groups is 1. The molecule has 0 atom stereocenters. The van der Waals surface area contributed by atoms with Gasteiger partial charge in [-0.1, -0.05) is 26.0 Å². The van der Waals surface area contributed by atoms with Gasteiger partial charge < -0.3 is 4.98 Å². The molecule has 62 valence electrons. The van der Waals surface area contributed by atoms with Gasteiger partial charge in [-0.3, -0.25) is 0 Å². The lowest BCUT2D eigenvalue weighted by Gasteiger charge is -2.10. The van der Waals surface area contributed by atoms with Crippen LogP contribution in [0.4, 0.5) is 5.82 Å². The van der Waals surface area contributed by atoms with Crippen molar-refractivity contribution >= 4 is 18.1 Å². The maximum atomic E-state index is 4.36. The Morgan fingerprint density at radius 2 is 2.25 bits per heavy atom. The first kappa shape index (κ1) is 7.35. The zero-order chi connectivity index (χ0) is 8.60. The molecule has 0 aromatic carbocycles. The second kappa shape index (κ2) is 2.34. The molecule has 1 aliphatic rings. The standard InChI is InChI=1S/C10H12N2/c1-10(2)5-3-8-4-6-11-9(8)12-7-10/h3-7,11H,1-2H3. The predicted octanol–water partition coefficient (Wildman–Crippen LogP) is 2.77. The molecule has 0 saturated heterocycles. The summed E-state index contributed by atoms with van der Waals surface area (Å²) < 4.78 is 0. The van der Waals surface area contributed by atoms with E-state index in [1.165, 1.54) is 0 Å². The molecule has 2 rings (SSSR count). The molecule has 0 unspecified atom stereocenters. The summed E-state index contributed by atoms with van der Waals surface area (Å²) in [6.45, 7) is 4.28. The average Bonchev–Trinajstić information content (AvgIpc) is 2.40. The molecule has 0 fully saturated rings. The fourth-order valence-corrected chi connectivity index (χ4v) is 1.20. The Kier molecular flexibility index (Phi) is 1.43. The molecule has 1 aliphatic heterocycles. The van der Waals surface area contributed by atoms with Gasteiger partial charge in [-0.15, -0.1) is 0 Å². The van der Waals surface area contributed by atoms with Crippen LogP contribution in [0.3, 0.4) is 0 Å². The van der Waals surface area contributed by atoms with Gasteiger partial charge in [0.15, 0.2) is 0 Å².